The SMILES string of the molecule is CNCCN(C)S(=O)(=O)c1ccc(-c2nc3c(C)nn(C4CCCCC4)c3c(=O)[nH]2)c(OC)c1. The van der Waals surface area contributed by atoms with Crippen molar-refractivity contribution in [3.8, 4) is 17.1 Å². The summed E-state index contributed by atoms with van der Waals surface area (Å²) in [5.74, 6) is 0.621. The molecular formula is C23H32N6O4S. The number of hydrogen-bond donors (Lipinski definition) is 2. The lowest BCUT2D eigenvalue weighted by molar-refractivity contribution is 0.336. The minimum atomic E-state index is -3.69. The van der Waals surface area contributed by atoms with Gasteiger partial charge in [0.15, 0.2) is 5.52 Å². The Hall–Kier alpha value is -2.76. The van der Waals surface area contributed by atoms with Crippen LogP contribution in [0.1, 0.15) is 43.8 Å². The molecule has 34 heavy (non-hydrogen) atoms. The number of nitrogens with zero attached hydrogens (tertiary/aromatic N) is 4. The number of benzene rings is 1. The molecule has 0 radical (unpaired) electrons. The minimum absolute atomic E-state index is 0.108. The van der Waals surface area contributed by atoms with E-state index in [1.54, 1.807) is 13.1 Å². The van der Waals surface area contributed by atoms with Crippen LogP contribution in [0.15, 0.2) is 27.9 Å². The number of aryl methyl sites for hydroxylation is 1. The van der Waals surface area contributed by atoms with E-state index in [-0.39, 0.29) is 16.5 Å². The van der Waals surface area contributed by atoms with E-state index in [1.807, 2.05) is 11.6 Å². The van der Waals surface area contributed by atoms with Crippen LogP contribution in [0.4, 0.5) is 0 Å². The van der Waals surface area contributed by atoms with Crippen LogP contribution in [0.2, 0.25) is 0 Å². The molecule has 2 heterocycles. The number of sulfonamides is 1. The number of hydrogen-bond acceptors (Lipinski definition) is 7. The molecule has 0 atom stereocenters. The van der Waals surface area contributed by atoms with Gasteiger partial charge < -0.3 is 15.0 Å². The van der Waals surface area contributed by atoms with E-state index in [0.717, 1.165) is 25.7 Å². The molecule has 0 aliphatic heterocycles. The average molecular weight is 489 g/mol. The molecule has 10 nitrogen and oxygen atoms in total. The molecular weight excluding hydrogens is 456 g/mol. The van der Waals surface area contributed by atoms with E-state index >= 15 is 0 Å². The molecule has 1 aromatic carbocycles. The van der Waals surface area contributed by atoms with Gasteiger partial charge in [-0.2, -0.15) is 9.40 Å². The lowest BCUT2D eigenvalue weighted by Gasteiger charge is -2.22. The number of methoxy groups -OCH3 is 1. The van der Waals surface area contributed by atoms with Gasteiger partial charge in [0.1, 0.15) is 17.1 Å². The Labute approximate surface area is 199 Å². The quantitative estimate of drug-likeness (QED) is 0.499. The molecule has 1 aliphatic carbocycles. The largest absolute Gasteiger partial charge is 0.496 e. The summed E-state index contributed by atoms with van der Waals surface area (Å²) in [4.78, 5) is 20.8. The Bertz CT molecular complexity index is 1340. The molecule has 4 rings (SSSR count). The molecule has 1 aliphatic rings. The first kappa shape index (κ1) is 24.4. The number of aromatic amines is 1. The first-order chi connectivity index (χ1) is 16.3. The number of ether oxygens (including phenoxy) is 1. The molecule has 0 spiro atoms. The predicted molar refractivity (Wildman–Crippen MR) is 131 cm³/mol. The fourth-order valence-corrected chi connectivity index (χ4v) is 5.69. The Morgan fingerprint density at radius 1 is 1.26 bits per heavy atom. The molecule has 0 saturated heterocycles. The number of likely N-dealkylation sites (N-methyl/N-ethyl adjacent to an activating group) is 2. The summed E-state index contributed by atoms with van der Waals surface area (Å²) in [6, 6.07) is 4.79. The second kappa shape index (κ2) is 9.85. The maximum absolute atomic E-state index is 13.2. The van der Waals surface area contributed by atoms with Crippen molar-refractivity contribution in [1.29, 1.82) is 0 Å². The van der Waals surface area contributed by atoms with Crippen molar-refractivity contribution in [2.75, 3.05) is 34.3 Å². The van der Waals surface area contributed by atoms with Crippen molar-refractivity contribution in [2.24, 2.45) is 0 Å². The van der Waals surface area contributed by atoms with Gasteiger partial charge in [0.25, 0.3) is 5.56 Å². The normalized spacial score (nSPS) is 15.3. The third-order valence-electron chi connectivity index (χ3n) is 6.46. The fraction of sp³-hybridized carbons (Fsp3) is 0.522. The summed E-state index contributed by atoms with van der Waals surface area (Å²) in [6.45, 7) is 2.72. The molecule has 2 N–H and O–H groups in total. The first-order valence-corrected chi connectivity index (χ1v) is 13.0. The number of aromatic nitrogens is 4. The monoisotopic (exact) mass is 488 g/mol. The van der Waals surface area contributed by atoms with Gasteiger partial charge in [0, 0.05) is 26.2 Å². The first-order valence-electron chi connectivity index (χ1n) is 11.6. The molecule has 2 aromatic heterocycles. The molecule has 3 aromatic rings. The number of rotatable bonds is 8. The van der Waals surface area contributed by atoms with Gasteiger partial charge in [-0.1, -0.05) is 19.3 Å². The van der Waals surface area contributed by atoms with E-state index in [4.69, 9.17) is 9.72 Å². The maximum atomic E-state index is 13.2. The van der Waals surface area contributed by atoms with Crippen LogP contribution in [0.5, 0.6) is 5.75 Å². The lowest BCUT2D eigenvalue weighted by atomic mass is 9.95. The highest BCUT2D eigenvalue weighted by molar-refractivity contribution is 7.89. The zero-order valence-corrected chi connectivity index (χ0v) is 20.9. The van der Waals surface area contributed by atoms with Gasteiger partial charge in [-0.05, 0) is 38.9 Å². The van der Waals surface area contributed by atoms with Crippen molar-refractivity contribution in [3.63, 3.8) is 0 Å². The Morgan fingerprint density at radius 2 is 2.00 bits per heavy atom. The molecule has 0 amide bonds. The number of fused-ring (bicyclic) bond motifs is 1. The van der Waals surface area contributed by atoms with Gasteiger partial charge in [-0.3, -0.25) is 9.48 Å². The summed E-state index contributed by atoms with van der Waals surface area (Å²) < 4.78 is 34.5. The van der Waals surface area contributed by atoms with Gasteiger partial charge in [-0.25, -0.2) is 13.4 Å². The zero-order valence-electron chi connectivity index (χ0n) is 20.1. The van der Waals surface area contributed by atoms with Gasteiger partial charge in [0.05, 0.1) is 29.3 Å². The standard InChI is InChI=1S/C23H32N6O4S/c1-15-20-21(29(27-15)16-8-6-5-7-9-16)23(30)26-22(25-20)18-11-10-17(14-19(18)33-4)34(31,32)28(3)13-12-24-2/h10-11,14,16,24H,5-9,12-13H2,1-4H3,(H,25,26,30). The maximum Gasteiger partial charge on any atom is 0.277 e. The van der Waals surface area contributed by atoms with E-state index < -0.39 is 10.0 Å². The highest BCUT2D eigenvalue weighted by atomic mass is 32.2. The van der Waals surface area contributed by atoms with Crippen molar-refractivity contribution in [1.82, 2.24) is 29.4 Å². The van der Waals surface area contributed by atoms with Crippen LogP contribution in [0.3, 0.4) is 0 Å². The van der Waals surface area contributed by atoms with Crippen LogP contribution < -0.4 is 15.6 Å². The lowest BCUT2D eigenvalue weighted by Crippen LogP contribution is -2.32. The minimum Gasteiger partial charge on any atom is -0.496 e. The molecule has 1 fully saturated rings. The van der Waals surface area contributed by atoms with E-state index in [0.29, 0.717) is 47.0 Å². The van der Waals surface area contributed by atoms with Gasteiger partial charge in [0.2, 0.25) is 10.0 Å². The highest BCUT2D eigenvalue weighted by Gasteiger charge is 2.25. The van der Waals surface area contributed by atoms with Gasteiger partial charge >= 0.3 is 0 Å². The molecule has 184 valence electrons. The summed E-state index contributed by atoms with van der Waals surface area (Å²) >= 11 is 0. The third-order valence-corrected chi connectivity index (χ3v) is 8.31. The number of H-pyrrole nitrogens is 1. The Morgan fingerprint density at radius 3 is 2.68 bits per heavy atom. The van der Waals surface area contributed by atoms with Gasteiger partial charge in [-0.15, -0.1) is 0 Å². The van der Waals surface area contributed by atoms with Crippen molar-refractivity contribution < 1.29 is 13.2 Å². The predicted octanol–water partition coefficient (Wildman–Crippen LogP) is 2.45. The fourth-order valence-electron chi connectivity index (χ4n) is 4.51. The summed E-state index contributed by atoms with van der Waals surface area (Å²) in [5, 5.41) is 7.60. The summed E-state index contributed by atoms with van der Waals surface area (Å²) in [5.41, 5.74) is 1.96. The van der Waals surface area contributed by atoms with Crippen LogP contribution in [0.25, 0.3) is 22.4 Å². The Kier molecular flexibility index (Phi) is 7.06. The third kappa shape index (κ3) is 4.47. The molecule has 0 bridgehead atoms. The van der Waals surface area contributed by atoms with Crippen LogP contribution >= 0.6 is 0 Å². The molecule has 1 saturated carbocycles. The van der Waals surface area contributed by atoms with Crippen molar-refractivity contribution in [2.45, 2.75) is 50.0 Å². The van der Waals surface area contributed by atoms with Crippen molar-refractivity contribution >= 4 is 21.1 Å². The smallest absolute Gasteiger partial charge is 0.277 e. The highest BCUT2D eigenvalue weighted by Crippen LogP contribution is 2.33. The molecule has 11 heteroatoms. The average Bonchev–Trinajstić information content (AvgIpc) is 3.19. The summed E-state index contributed by atoms with van der Waals surface area (Å²) in [7, 11) is 1.07. The Balaban J connectivity index is 1.76. The number of nitrogens with one attached hydrogen (secondary N) is 2. The second-order valence-corrected chi connectivity index (χ2v) is 10.8. The van der Waals surface area contributed by atoms with Crippen LogP contribution in [-0.4, -0.2) is 66.8 Å². The van der Waals surface area contributed by atoms with E-state index in [9.17, 15) is 13.2 Å². The van der Waals surface area contributed by atoms with Crippen LogP contribution in [0, 0.1) is 6.92 Å². The van der Waals surface area contributed by atoms with Crippen LogP contribution in [-0.2, 0) is 10.0 Å². The zero-order chi connectivity index (χ0) is 24.5. The second-order valence-electron chi connectivity index (χ2n) is 8.73. The van der Waals surface area contributed by atoms with Crippen molar-refractivity contribution in [3.05, 3.63) is 34.2 Å². The topological polar surface area (TPSA) is 122 Å². The molecule has 0 unspecified atom stereocenters. The van der Waals surface area contributed by atoms with E-state index in [1.165, 1.54) is 37.0 Å². The van der Waals surface area contributed by atoms with E-state index in [2.05, 4.69) is 15.4 Å². The summed E-state index contributed by atoms with van der Waals surface area (Å²) in [6.07, 6.45) is 5.48.